The average molecular weight is 338 g/mol. The van der Waals surface area contributed by atoms with Crippen LogP contribution in [0.1, 0.15) is 63.1 Å². The van der Waals surface area contributed by atoms with Crippen LogP contribution in [0.25, 0.3) is 0 Å². The summed E-state index contributed by atoms with van der Waals surface area (Å²) in [5.41, 5.74) is 3.17. The predicted molar refractivity (Wildman–Crippen MR) is 99.5 cm³/mol. The highest BCUT2D eigenvalue weighted by atomic mass is 16.3. The Morgan fingerprint density at radius 3 is 1.92 bits per heavy atom. The fourth-order valence-electron chi connectivity index (χ4n) is 2.81. The molecule has 1 rings (SSSR count). The predicted octanol–water partition coefficient (Wildman–Crippen LogP) is 3.35. The molecule has 0 radical (unpaired) electrons. The number of hydrogen-bond acceptors (Lipinski definition) is 4. The zero-order valence-electron chi connectivity index (χ0n) is 15.8. The van der Waals surface area contributed by atoms with Crippen LogP contribution in [-0.4, -0.2) is 46.5 Å². The summed E-state index contributed by atoms with van der Waals surface area (Å²) in [4.78, 5) is 2.31. The van der Waals surface area contributed by atoms with Crippen molar-refractivity contribution in [1.82, 2.24) is 4.90 Å². The molecule has 0 amide bonds. The van der Waals surface area contributed by atoms with Crippen molar-refractivity contribution < 1.29 is 15.3 Å². The van der Waals surface area contributed by atoms with E-state index in [-0.39, 0.29) is 18.6 Å². The van der Waals surface area contributed by atoms with Gasteiger partial charge in [0.2, 0.25) is 0 Å². The fourth-order valence-corrected chi connectivity index (χ4v) is 2.81. The summed E-state index contributed by atoms with van der Waals surface area (Å²) in [6, 6.07) is 4.19. The molecule has 0 aliphatic rings. The maximum absolute atomic E-state index is 10.5. The van der Waals surface area contributed by atoms with Crippen LogP contribution in [0.3, 0.4) is 0 Å². The van der Waals surface area contributed by atoms with E-state index in [0.29, 0.717) is 12.3 Å². The van der Waals surface area contributed by atoms with Gasteiger partial charge in [0.15, 0.2) is 0 Å². The van der Waals surface area contributed by atoms with E-state index in [1.165, 1.54) is 5.56 Å². The summed E-state index contributed by atoms with van der Waals surface area (Å²) < 4.78 is 0. The molecule has 0 bridgehead atoms. The summed E-state index contributed by atoms with van der Waals surface area (Å²) >= 11 is 0. The Labute approximate surface area is 147 Å². The van der Waals surface area contributed by atoms with Crippen molar-refractivity contribution in [1.29, 1.82) is 0 Å². The van der Waals surface area contributed by atoms with E-state index in [9.17, 15) is 5.11 Å². The van der Waals surface area contributed by atoms with Crippen LogP contribution in [0.5, 0.6) is 5.75 Å². The highest BCUT2D eigenvalue weighted by Crippen LogP contribution is 2.31. The Morgan fingerprint density at radius 1 is 0.917 bits per heavy atom. The van der Waals surface area contributed by atoms with Gasteiger partial charge in [0.1, 0.15) is 5.75 Å². The molecule has 0 atom stereocenters. The van der Waals surface area contributed by atoms with Crippen molar-refractivity contribution in [3.05, 3.63) is 28.8 Å². The molecular weight excluding hydrogens is 302 g/mol. The normalized spacial score (nSPS) is 12.1. The average Bonchev–Trinajstić information content (AvgIpc) is 2.50. The Kier molecular flexibility index (Phi) is 8.74. The second kappa shape index (κ2) is 10.0. The molecule has 24 heavy (non-hydrogen) atoms. The monoisotopic (exact) mass is 337 g/mol. The Bertz CT molecular complexity index is 484. The lowest BCUT2D eigenvalue weighted by molar-refractivity contribution is 0.219. The third-order valence-electron chi connectivity index (χ3n) is 4.40. The Balaban J connectivity index is 2.91. The van der Waals surface area contributed by atoms with Gasteiger partial charge in [-0.1, -0.05) is 32.9 Å². The molecule has 0 spiro atoms. The molecule has 0 aliphatic carbocycles. The number of phenolic OH excluding ortho intramolecular Hbond substituents is 1. The first-order valence-electron chi connectivity index (χ1n) is 9.06. The summed E-state index contributed by atoms with van der Waals surface area (Å²) in [5.74, 6) is 0.386. The minimum atomic E-state index is 0.0474. The first-order chi connectivity index (χ1) is 11.3. The second-order valence-corrected chi connectivity index (χ2v) is 7.69. The number of nitrogens with zero attached hydrogens (tertiary/aromatic N) is 1. The fraction of sp³-hybridized carbons (Fsp3) is 0.700. The molecule has 138 valence electrons. The molecule has 3 N–H and O–H groups in total. The number of benzene rings is 1. The highest BCUT2D eigenvalue weighted by Gasteiger charge is 2.18. The van der Waals surface area contributed by atoms with Crippen molar-refractivity contribution in [2.45, 2.75) is 65.3 Å². The van der Waals surface area contributed by atoms with E-state index in [4.69, 9.17) is 10.2 Å². The molecule has 0 aromatic heterocycles. The summed E-state index contributed by atoms with van der Waals surface area (Å²) in [5, 5.41) is 28.5. The lowest BCUT2D eigenvalue weighted by atomic mass is 9.85. The van der Waals surface area contributed by atoms with Gasteiger partial charge < -0.3 is 15.3 Å². The minimum Gasteiger partial charge on any atom is -0.507 e. The number of aliphatic hydroxyl groups excluding tert-OH is 2. The number of aryl methyl sites for hydroxylation is 1. The zero-order chi connectivity index (χ0) is 18.2. The lowest BCUT2D eigenvalue weighted by Gasteiger charge is -2.26. The third kappa shape index (κ3) is 6.80. The van der Waals surface area contributed by atoms with Crippen LogP contribution >= 0.6 is 0 Å². The topological polar surface area (TPSA) is 63.9 Å². The molecule has 0 fully saturated rings. The van der Waals surface area contributed by atoms with Crippen LogP contribution in [0.2, 0.25) is 0 Å². The van der Waals surface area contributed by atoms with E-state index in [1.54, 1.807) is 0 Å². The standard InChI is InChI=1S/C20H35NO3/c1-16-13-18(20(2,3)4)14-17(19(16)24)15-21(9-5-7-11-22)10-6-8-12-23/h13-14,22-24H,5-12,15H2,1-4H3. The van der Waals surface area contributed by atoms with Crippen molar-refractivity contribution in [2.24, 2.45) is 0 Å². The van der Waals surface area contributed by atoms with Gasteiger partial charge in [-0.05, 0) is 62.2 Å². The number of aromatic hydroxyl groups is 1. The van der Waals surface area contributed by atoms with Gasteiger partial charge in [-0.2, -0.15) is 0 Å². The van der Waals surface area contributed by atoms with Crippen molar-refractivity contribution >= 4 is 0 Å². The van der Waals surface area contributed by atoms with Crippen molar-refractivity contribution in [3.63, 3.8) is 0 Å². The quantitative estimate of drug-likeness (QED) is 0.573. The Hall–Kier alpha value is -1.10. The molecular formula is C20H35NO3. The lowest BCUT2D eigenvalue weighted by Crippen LogP contribution is -2.26. The molecule has 1 aromatic carbocycles. The maximum Gasteiger partial charge on any atom is 0.122 e. The molecule has 0 unspecified atom stereocenters. The maximum atomic E-state index is 10.5. The smallest absolute Gasteiger partial charge is 0.122 e. The molecule has 0 saturated carbocycles. The molecule has 4 heteroatoms. The molecule has 0 saturated heterocycles. The summed E-state index contributed by atoms with van der Waals surface area (Å²) in [7, 11) is 0. The van der Waals surface area contributed by atoms with Crippen molar-refractivity contribution in [3.8, 4) is 5.75 Å². The van der Waals surface area contributed by atoms with Crippen LogP contribution < -0.4 is 0 Å². The van der Waals surface area contributed by atoms with Crippen LogP contribution in [0.4, 0.5) is 0 Å². The Morgan fingerprint density at radius 2 is 1.46 bits per heavy atom. The van der Waals surface area contributed by atoms with Crippen LogP contribution in [0.15, 0.2) is 12.1 Å². The third-order valence-corrected chi connectivity index (χ3v) is 4.40. The largest absolute Gasteiger partial charge is 0.507 e. The highest BCUT2D eigenvalue weighted by molar-refractivity contribution is 5.45. The van der Waals surface area contributed by atoms with Gasteiger partial charge >= 0.3 is 0 Å². The van der Waals surface area contributed by atoms with Crippen LogP contribution in [-0.2, 0) is 12.0 Å². The van der Waals surface area contributed by atoms with Gasteiger partial charge in [0, 0.05) is 25.3 Å². The first kappa shape index (κ1) is 20.9. The summed E-state index contributed by atoms with van der Waals surface area (Å²) in [6.07, 6.45) is 3.47. The molecule has 4 nitrogen and oxygen atoms in total. The van der Waals surface area contributed by atoms with Gasteiger partial charge in [-0.15, -0.1) is 0 Å². The molecule has 1 aromatic rings. The number of unbranched alkanes of at least 4 members (excludes halogenated alkanes) is 2. The van der Waals surface area contributed by atoms with Gasteiger partial charge in [-0.25, -0.2) is 0 Å². The van der Waals surface area contributed by atoms with Gasteiger partial charge in [0.05, 0.1) is 0 Å². The number of rotatable bonds is 10. The van der Waals surface area contributed by atoms with E-state index < -0.39 is 0 Å². The number of phenols is 1. The van der Waals surface area contributed by atoms with Gasteiger partial charge in [-0.3, -0.25) is 4.90 Å². The van der Waals surface area contributed by atoms with E-state index in [0.717, 1.165) is 49.9 Å². The van der Waals surface area contributed by atoms with Crippen LogP contribution in [0, 0.1) is 6.92 Å². The molecule has 0 heterocycles. The van der Waals surface area contributed by atoms with E-state index in [1.807, 2.05) is 6.92 Å². The van der Waals surface area contributed by atoms with Crippen molar-refractivity contribution in [2.75, 3.05) is 26.3 Å². The summed E-state index contributed by atoms with van der Waals surface area (Å²) in [6.45, 7) is 11.4. The number of aliphatic hydroxyl groups is 2. The second-order valence-electron chi connectivity index (χ2n) is 7.69. The first-order valence-corrected chi connectivity index (χ1v) is 9.06. The molecule has 0 aliphatic heterocycles. The number of hydrogen-bond donors (Lipinski definition) is 3. The van der Waals surface area contributed by atoms with Gasteiger partial charge in [0.25, 0.3) is 0 Å². The van der Waals surface area contributed by atoms with E-state index in [2.05, 4.69) is 37.8 Å². The minimum absolute atomic E-state index is 0.0474. The van der Waals surface area contributed by atoms with E-state index >= 15 is 0 Å². The SMILES string of the molecule is Cc1cc(C(C)(C)C)cc(CN(CCCCO)CCCCO)c1O. The zero-order valence-corrected chi connectivity index (χ0v) is 15.8.